The molecule has 0 amide bonds. The highest BCUT2D eigenvalue weighted by molar-refractivity contribution is 5.72. The van der Waals surface area contributed by atoms with Gasteiger partial charge in [0.2, 0.25) is 0 Å². The second-order valence-corrected chi connectivity index (χ2v) is 3.96. The fourth-order valence-electron chi connectivity index (χ4n) is 1.51. The van der Waals surface area contributed by atoms with Gasteiger partial charge in [-0.25, -0.2) is 5.10 Å². The van der Waals surface area contributed by atoms with Crippen LogP contribution in [0.15, 0.2) is 18.2 Å². The van der Waals surface area contributed by atoms with E-state index < -0.39 is 6.10 Å². The van der Waals surface area contributed by atoms with E-state index in [-0.39, 0.29) is 0 Å². The summed E-state index contributed by atoms with van der Waals surface area (Å²) in [5, 5.41) is 22.7. The highest BCUT2D eigenvalue weighted by Gasteiger charge is 2.12. The molecule has 2 aromatic rings. The first-order valence-electron chi connectivity index (χ1n) is 5.62. The minimum atomic E-state index is -0.412. The van der Waals surface area contributed by atoms with Gasteiger partial charge in [-0.05, 0) is 29.5 Å². The van der Waals surface area contributed by atoms with E-state index in [0.717, 1.165) is 0 Å². The number of aliphatic hydroxyl groups is 1. The number of nitrogens with one attached hydrogen (secondary N) is 1. The van der Waals surface area contributed by atoms with Crippen LogP contribution in [0.1, 0.15) is 13.3 Å². The number of anilines is 1. The van der Waals surface area contributed by atoms with Crippen LogP contribution in [0.25, 0.3) is 11.4 Å². The fraction of sp³-hybridized carbons (Fsp3) is 0.364. The summed E-state index contributed by atoms with van der Waals surface area (Å²) in [7, 11) is 0. The molecule has 0 saturated heterocycles. The third-order valence-corrected chi connectivity index (χ3v) is 2.43. The molecule has 7 heteroatoms. The number of nitrogens with zero attached hydrogens (tertiary/aromatic N) is 3. The lowest BCUT2D eigenvalue weighted by molar-refractivity contribution is 0.156. The largest absolute Gasteiger partial charge is 0.491 e. The van der Waals surface area contributed by atoms with E-state index in [4.69, 9.17) is 10.5 Å². The van der Waals surface area contributed by atoms with Gasteiger partial charge in [0, 0.05) is 6.42 Å². The molecule has 7 nitrogen and oxygen atoms in total. The number of rotatable bonds is 5. The Morgan fingerprint density at radius 2 is 2.33 bits per heavy atom. The van der Waals surface area contributed by atoms with Gasteiger partial charge in [-0.3, -0.25) is 0 Å². The molecule has 0 radical (unpaired) electrons. The Kier molecular flexibility index (Phi) is 3.73. The number of hydrogen-bond donors (Lipinski definition) is 3. The molecule has 1 heterocycles. The Balaban J connectivity index is 2.22. The molecule has 2 rings (SSSR count). The Morgan fingerprint density at radius 1 is 1.50 bits per heavy atom. The Bertz CT molecular complexity index is 498. The zero-order valence-electron chi connectivity index (χ0n) is 10.00. The molecule has 96 valence electrons. The second-order valence-electron chi connectivity index (χ2n) is 3.96. The van der Waals surface area contributed by atoms with Crippen molar-refractivity contribution in [2.24, 2.45) is 0 Å². The molecule has 0 aliphatic rings. The van der Waals surface area contributed by atoms with Crippen LogP contribution in [0.5, 0.6) is 5.75 Å². The summed E-state index contributed by atoms with van der Waals surface area (Å²) in [5.74, 6) is 1.02. The van der Waals surface area contributed by atoms with Gasteiger partial charge >= 0.3 is 0 Å². The molecule has 0 saturated carbocycles. The van der Waals surface area contributed by atoms with Crippen LogP contribution in [0.3, 0.4) is 0 Å². The van der Waals surface area contributed by atoms with Crippen LogP contribution in [0.2, 0.25) is 0 Å². The van der Waals surface area contributed by atoms with Crippen molar-refractivity contribution in [3.8, 4) is 17.1 Å². The predicted octanol–water partition coefficient (Wildman–Crippen LogP) is 0.599. The SMILES string of the molecule is CC(O)CCOc1c(N)cccc1-c1nnn[nH]1. The summed E-state index contributed by atoms with van der Waals surface area (Å²) in [5.41, 5.74) is 7.08. The average molecular weight is 249 g/mol. The molecular formula is C11H15N5O2. The standard InChI is InChI=1S/C11H15N5O2/c1-7(17)5-6-18-10-8(3-2-4-9(10)12)11-13-15-16-14-11/h2-4,7,17H,5-6,12H2,1H3,(H,13,14,15,16). The number of nitrogens with two attached hydrogens (primary N) is 1. The lowest BCUT2D eigenvalue weighted by Crippen LogP contribution is -2.09. The van der Waals surface area contributed by atoms with Gasteiger partial charge < -0.3 is 15.6 Å². The van der Waals surface area contributed by atoms with Crippen LogP contribution < -0.4 is 10.5 Å². The minimum absolute atomic E-state index is 0.375. The first-order chi connectivity index (χ1) is 8.68. The monoisotopic (exact) mass is 249 g/mol. The highest BCUT2D eigenvalue weighted by atomic mass is 16.5. The van der Waals surface area contributed by atoms with Crippen molar-refractivity contribution < 1.29 is 9.84 Å². The zero-order valence-corrected chi connectivity index (χ0v) is 10.00. The maximum atomic E-state index is 9.20. The molecule has 18 heavy (non-hydrogen) atoms. The van der Waals surface area contributed by atoms with Crippen molar-refractivity contribution >= 4 is 5.69 Å². The Labute approximate surface area is 104 Å². The van der Waals surface area contributed by atoms with Gasteiger partial charge in [-0.1, -0.05) is 6.07 Å². The van der Waals surface area contributed by atoms with Gasteiger partial charge in [0.25, 0.3) is 0 Å². The van der Waals surface area contributed by atoms with Crippen molar-refractivity contribution in [2.45, 2.75) is 19.4 Å². The van der Waals surface area contributed by atoms with E-state index in [0.29, 0.717) is 35.9 Å². The summed E-state index contributed by atoms with van der Waals surface area (Å²) in [4.78, 5) is 0. The van der Waals surface area contributed by atoms with Crippen LogP contribution >= 0.6 is 0 Å². The van der Waals surface area contributed by atoms with E-state index in [1.165, 1.54) is 0 Å². The first-order valence-corrected chi connectivity index (χ1v) is 5.62. The van der Waals surface area contributed by atoms with Crippen LogP contribution in [-0.4, -0.2) is 38.4 Å². The highest BCUT2D eigenvalue weighted by Crippen LogP contribution is 2.32. The topological polar surface area (TPSA) is 110 Å². The Hall–Kier alpha value is -2.15. The van der Waals surface area contributed by atoms with Crippen LogP contribution in [0.4, 0.5) is 5.69 Å². The number of aromatic nitrogens is 4. The van der Waals surface area contributed by atoms with Gasteiger partial charge in [0.1, 0.15) is 0 Å². The van der Waals surface area contributed by atoms with Crippen molar-refractivity contribution in [1.82, 2.24) is 20.6 Å². The fourth-order valence-corrected chi connectivity index (χ4v) is 1.51. The van der Waals surface area contributed by atoms with Crippen LogP contribution in [0, 0.1) is 0 Å². The van der Waals surface area contributed by atoms with Crippen molar-refractivity contribution in [2.75, 3.05) is 12.3 Å². The van der Waals surface area contributed by atoms with E-state index in [9.17, 15) is 5.11 Å². The second kappa shape index (κ2) is 5.46. The molecule has 4 N–H and O–H groups in total. The molecule has 1 atom stereocenters. The molecule has 1 aromatic carbocycles. The van der Waals surface area contributed by atoms with Crippen molar-refractivity contribution in [1.29, 1.82) is 0 Å². The van der Waals surface area contributed by atoms with Gasteiger partial charge in [0.05, 0.1) is 24.0 Å². The quantitative estimate of drug-likeness (QED) is 0.669. The molecule has 0 fully saturated rings. The number of hydrogen-bond acceptors (Lipinski definition) is 6. The van der Waals surface area contributed by atoms with E-state index in [2.05, 4.69) is 20.6 Å². The number of benzene rings is 1. The summed E-state index contributed by atoms with van der Waals surface area (Å²) >= 11 is 0. The van der Waals surface area contributed by atoms with Crippen molar-refractivity contribution in [3.05, 3.63) is 18.2 Å². The lowest BCUT2D eigenvalue weighted by Gasteiger charge is -2.12. The number of aromatic amines is 1. The summed E-state index contributed by atoms with van der Waals surface area (Å²) in [6.45, 7) is 2.08. The summed E-state index contributed by atoms with van der Waals surface area (Å²) in [6.07, 6.45) is 0.118. The van der Waals surface area contributed by atoms with E-state index >= 15 is 0 Å². The predicted molar refractivity (Wildman–Crippen MR) is 65.8 cm³/mol. The third-order valence-electron chi connectivity index (χ3n) is 2.43. The smallest absolute Gasteiger partial charge is 0.183 e. The van der Waals surface area contributed by atoms with Crippen LogP contribution in [-0.2, 0) is 0 Å². The van der Waals surface area contributed by atoms with E-state index in [1.54, 1.807) is 19.1 Å². The Morgan fingerprint density at radius 3 is 3.00 bits per heavy atom. The minimum Gasteiger partial charge on any atom is -0.491 e. The number of aliphatic hydroxyl groups excluding tert-OH is 1. The molecule has 1 unspecified atom stereocenters. The molecule has 0 aliphatic carbocycles. The van der Waals surface area contributed by atoms with Crippen molar-refractivity contribution in [3.63, 3.8) is 0 Å². The number of H-pyrrole nitrogens is 1. The third kappa shape index (κ3) is 2.75. The number of para-hydroxylation sites is 1. The molecule has 0 spiro atoms. The average Bonchev–Trinajstić information content (AvgIpc) is 2.84. The first kappa shape index (κ1) is 12.3. The molecule has 1 aromatic heterocycles. The summed E-state index contributed by atoms with van der Waals surface area (Å²) in [6, 6.07) is 5.36. The molecule has 0 aliphatic heterocycles. The van der Waals surface area contributed by atoms with Gasteiger partial charge in [-0.15, -0.1) is 5.10 Å². The zero-order chi connectivity index (χ0) is 13.0. The maximum Gasteiger partial charge on any atom is 0.183 e. The number of nitrogen functional groups attached to an aromatic ring is 1. The maximum absolute atomic E-state index is 9.20. The molecule has 0 bridgehead atoms. The van der Waals surface area contributed by atoms with E-state index in [1.807, 2.05) is 6.07 Å². The lowest BCUT2D eigenvalue weighted by atomic mass is 10.1. The molecular weight excluding hydrogens is 234 g/mol. The summed E-state index contributed by atoms with van der Waals surface area (Å²) < 4.78 is 5.60. The normalized spacial score (nSPS) is 12.3. The van der Waals surface area contributed by atoms with Gasteiger partial charge in [0.15, 0.2) is 11.6 Å². The van der Waals surface area contributed by atoms with Gasteiger partial charge in [-0.2, -0.15) is 0 Å². The number of tetrazole rings is 1. The number of ether oxygens (including phenoxy) is 1.